The molecule has 19 heavy (non-hydrogen) atoms. The largest absolute Gasteiger partial charge is 0.382 e. The molecule has 0 fully saturated rings. The maximum absolute atomic E-state index is 5.81. The molecule has 1 aliphatic rings. The minimum absolute atomic E-state index is 0.131. The van der Waals surface area contributed by atoms with Crippen molar-refractivity contribution in [3.05, 3.63) is 42.0 Å². The number of imidazole rings is 1. The summed E-state index contributed by atoms with van der Waals surface area (Å²) >= 11 is 0. The number of H-pyrrole nitrogens is 1. The molecule has 0 spiro atoms. The van der Waals surface area contributed by atoms with Crippen LogP contribution in [0.3, 0.4) is 0 Å². The molecule has 6 heteroatoms. The molecule has 0 saturated heterocycles. The number of nitrogens with two attached hydrogens (primary N) is 1. The van der Waals surface area contributed by atoms with E-state index in [4.69, 9.17) is 5.73 Å². The molecule has 1 aromatic carbocycles. The molecule has 6 nitrogen and oxygen atoms in total. The van der Waals surface area contributed by atoms with Crippen LogP contribution < -0.4 is 11.1 Å². The summed E-state index contributed by atoms with van der Waals surface area (Å²) in [4.78, 5) is 15.8. The molecular weight excluding hydrogens is 240 g/mol. The van der Waals surface area contributed by atoms with Gasteiger partial charge in [0.2, 0.25) is 0 Å². The van der Waals surface area contributed by atoms with Crippen LogP contribution in [-0.4, -0.2) is 19.9 Å². The first-order valence-corrected chi connectivity index (χ1v) is 6.12. The average molecular weight is 252 g/mol. The van der Waals surface area contributed by atoms with E-state index in [9.17, 15) is 0 Å². The minimum Gasteiger partial charge on any atom is -0.382 e. The van der Waals surface area contributed by atoms with Crippen LogP contribution >= 0.6 is 0 Å². The van der Waals surface area contributed by atoms with Crippen LogP contribution in [0.1, 0.15) is 17.4 Å². The van der Waals surface area contributed by atoms with E-state index < -0.39 is 0 Å². The predicted octanol–water partition coefficient (Wildman–Crippen LogP) is 1.64. The van der Waals surface area contributed by atoms with Gasteiger partial charge in [0.15, 0.2) is 11.5 Å². The summed E-state index contributed by atoms with van der Waals surface area (Å²) in [6, 6.07) is 8.40. The van der Waals surface area contributed by atoms with Gasteiger partial charge in [-0.2, -0.15) is 0 Å². The number of hydrogen-bond acceptors (Lipinski definition) is 5. The molecule has 3 aromatic rings. The summed E-state index contributed by atoms with van der Waals surface area (Å²) in [6.07, 6.45) is 2.34. The molecule has 4 rings (SSSR count). The van der Waals surface area contributed by atoms with Gasteiger partial charge in [0, 0.05) is 12.1 Å². The molecule has 0 saturated carbocycles. The first-order chi connectivity index (χ1) is 9.31. The highest BCUT2D eigenvalue weighted by atomic mass is 15.1. The van der Waals surface area contributed by atoms with Crippen LogP contribution in [0.5, 0.6) is 0 Å². The number of hydrogen-bond donors (Lipinski definition) is 3. The van der Waals surface area contributed by atoms with Crippen LogP contribution in [-0.2, 0) is 6.42 Å². The van der Waals surface area contributed by atoms with Crippen molar-refractivity contribution in [1.29, 1.82) is 0 Å². The van der Waals surface area contributed by atoms with E-state index in [2.05, 4.69) is 37.4 Å². The van der Waals surface area contributed by atoms with Crippen molar-refractivity contribution < 1.29 is 0 Å². The van der Waals surface area contributed by atoms with Gasteiger partial charge < -0.3 is 16.0 Å². The van der Waals surface area contributed by atoms with Gasteiger partial charge in [-0.25, -0.2) is 15.0 Å². The van der Waals surface area contributed by atoms with Gasteiger partial charge in [0.05, 0.1) is 6.04 Å². The number of nitrogen functional groups attached to an aromatic ring is 1. The third kappa shape index (κ3) is 1.53. The van der Waals surface area contributed by atoms with Crippen molar-refractivity contribution in [3.8, 4) is 0 Å². The number of anilines is 2. The Balaban J connectivity index is 1.75. The van der Waals surface area contributed by atoms with Gasteiger partial charge in [0.25, 0.3) is 0 Å². The lowest BCUT2D eigenvalue weighted by atomic mass is 10.1. The van der Waals surface area contributed by atoms with Gasteiger partial charge >= 0.3 is 0 Å². The first-order valence-electron chi connectivity index (χ1n) is 6.12. The van der Waals surface area contributed by atoms with Crippen molar-refractivity contribution in [2.75, 3.05) is 11.1 Å². The van der Waals surface area contributed by atoms with E-state index in [0.29, 0.717) is 17.0 Å². The number of aromatic amines is 1. The number of fused-ring (bicyclic) bond motifs is 2. The third-order valence-corrected chi connectivity index (χ3v) is 3.44. The molecule has 3 heterocycles. The minimum atomic E-state index is 0.131. The second-order valence-corrected chi connectivity index (χ2v) is 4.64. The molecule has 1 aliphatic heterocycles. The second-order valence-electron chi connectivity index (χ2n) is 4.64. The van der Waals surface area contributed by atoms with Gasteiger partial charge in [0.1, 0.15) is 17.7 Å². The molecule has 0 bridgehead atoms. The van der Waals surface area contributed by atoms with Gasteiger partial charge in [-0.05, 0) is 11.6 Å². The molecule has 1 unspecified atom stereocenters. The number of nitrogens with zero attached hydrogens (tertiary/aromatic N) is 3. The Morgan fingerprint density at radius 3 is 2.95 bits per heavy atom. The number of rotatable bonds is 1. The SMILES string of the molecule is Nc1ncnc2nc(C3Cc4ccccc4N3)[nH]c12. The van der Waals surface area contributed by atoms with Crippen LogP contribution in [0, 0.1) is 0 Å². The van der Waals surface area contributed by atoms with Crippen molar-refractivity contribution in [1.82, 2.24) is 19.9 Å². The van der Waals surface area contributed by atoms with Crippen molar-refractivity contribution in [2.45, 2.75) is 12.5 Å². The molecule has 94 valence electrons. The number of nitrogens with one attached hydrogen (secondary N) is 2. The smallest absolute Gasteiger partial charge is 0.183 e. The third-order valence-electron chi connectivity index (χ3n) is 3.44. The van der Waals surface area contributed by atoms with Crippen LogP contribution in [0.25, 0.3) is 11.2 Å². The second kappa shape index (κ2) is 3.68. The first kappa shape index (κ1) is 10.3. The normalized spacial score (nSPS) is 17.4. The van der Waals surface area contributed by atoms with Gasteiger partial charge in [-0.3, -0.25) is 0 Å². The maximum Gasteiger partial charge on any atom is 0.183 e. The number of aromatic nitrogens is 4. The summed E-state index contributed by atoms with van der Waals surface area (Å²) in [5, 5.41) is 3.45. The Morgan fingerprint density at radius 1 is 1.21 bits per heavy atom. The highest BCUT2D eigenvalue weighted by molar-refractivity contribution is 5.81. The number of benzene rings is 1. The van der Waals surface area contributed by atoms with Crippen molar-refractivity contribution in [3.63, 3.8) is 0 Å². The summed E-state index contributed by atoms with van der Waals surface area (Å²) in [5.74, 6) is 1.28. The maximum atomic E-state index is 5.81. The Bertz CT molecular complexity index is 738. The summed E-state index contributed by atoms with van der Waals surface area (Å²) in [6.45, 7) is 0. The van der Waals surface area contributed by atoms with Gasteiger partial charge in [-0.15, -0.1) is 0 Å². The van der Waals surface area contributed by atoms with Crippen molar-refractivity contribution in [2.24, 2.45) is 0 Å². The highest BCUT2D eigenvalue weighted by Gasteiger charge is 2.24. The molecular formula is C13H12N6. The van der Waals surface area contributed by atoms with Crippen LogP contribution in [0.4, 0.5) is 11.5 Å². The predicted molar refractivity (Wildman–Crippen MR) is 72.6 cm³/mol. The zero-order valence-corrected chi connectivity index (χ0v) is 10.1. The fourth-order valence-corrected chi connectivity index (χ4v) is 2.49. The average Bonchev–Trinajstić information content (AvgIpc) is 3.02. The zero-order valence-electron chi connectivity index (χ0n) is 10.1. The Kier molecular flexibility index (Phi) is 2.00. The standard InChI is InChI=1S/C13H12N6/c14-11-10-13(16-6-15-11)19-12(18-10)9-5-7-3-1-2-4-8(7)17-9/h1-4,6,9,17H,5H2,(H3,14,15,16,18,19). The molecule has 2 aromatic heterocycles. The van der Waals surface area contributed by atoms with E-state index in [-0.39, 0.29) is 6.04 Å². The van der Waals surface area contributed by atoms with E-state index in [0.717, 1.165) is 17.9 Å². The fraction of sp³-hybridized carbons (Fsp3) is 0.154. The molecule has 0 amide bonds. The lowest BCUT2D eigenvalue weighted by Crippen LogP contribution is -2.07. The topological polar surface area (TPSA) is 92.5 Å². The van der Waals surface area contributed by atoms with Crippen molar-refractivity contribution >= 4 is 22.7 Å². The summed E-state index contributed by atoms with van der Waals surface area (Å²) < 4.78 is 0. The lowest BCUT2D eigenvalue weighted by Gasteiger charge is -2.06. The van der Waals surface area contributed by atoms with Gasteiger partial charge in [-0.1, -0.05) is 18.2 Å². The molecule has 1 atom stereocenters. The van der Waals surface area contributed by atoms with E-state index in [1.807, 2.05) is 12.1 Å². The van der Waals surface area contributed by atoms with E-state index in [1.54, 1.807) is 0 Å². The summed E-state index contributed by atoms with van der Waals surface area (Å²) in [5.41, 5.74) is 9.58. The highest BCUT2D eigenvalue weighted by Crippen LogP contribution is 2.33. The fourth-order valence-electron chi connectivity index (χ4n) is 2.49. The van der Waals surface area contributed by atoms with Crippen LogP contribution in [0.15, 0.2) is 30.6 Å². The van der Waals surface area contributed by atoms with E-state index >= 15 is 0 Å². The molecule has 4 N–H and O–H groups in total. The lowest BCUT2D eigenvalue weighted by molar-refractivity contribution is 0.767. The quantitative estimate of drug-likeness (QED) is 0.612. The Labute approximate surface area is 109 Å². The molecule has 0 radical (unpaired) electrons. The summed E-state index contributed by atoms with van der Waals surface area (Å²) in [7, 11) is 0. The number of para-hydroxylation sites is 1. The van der Waals surface area contributed by atoms with E-state index in [1.165, 1.54) is 11.9 Å². The Morgan fingerprint density at radius 2 is 2.11 bits per heavy atom. The molecule has 0 aliphatic carbocycles. The Hall–Kier alpha value is -2.63. The zero-order chi connectivity index (χ0) is 12.8. The van der Waals surface area contributed by atoms with Crippen LogP contribution in [0.2, 0.25) is 0 Å². The monoisotopic (exact) mass is 252 g/mol.